The SMILES string of the molecule is Cc1ncsc1-c1ccc(CNC(=O)[C@@H]2C[C@@H](O)CN2C(=O)[C@@H](NC(=O)N[C@H]2CC[C@H](c3cnc(N4C5CCC4CN(c4cc(-c6ccccc6O)nnc4N)C5)nc3)CC2)C(C)(C)C)cc1. The number of phenols is 1. The molecular weight excluding hydrogens is 869 g/mol. The molecule has 6 heterocycles. The minimum absolute atomic E-state index is 0.00558. The summed E-state index contributed by atoms with van der Waals surface area (Å²) in [4.78, 5) is 62.6. The number of aromatic nitrogens is 5. The Bertz CT molecular complexity index is 2560. The smallest absolute Gasteiger partial charge is 0.315 e. The number of fused-ring (bicyclic) bond motifs is 2. The molecule has 5 atom stereocenters. The number of para-hydroxylation sites is 1. The summed E-state index contributed by atoms with van der Waals surface area (Å²) < 4.78 is 0. The average molecular weight is 929 g/mol. The normalized spacial score (nSPS) is 23.2. The number of nitrogens with one attached hydrogen (secondary N) is 3. The monoisotopic (exact) mass is 928 g/mol. The molecule has 7 N–H and O–H groups in total. The highest BCUT2D eigenvalue weighted by atomic mass is 32.1. The summed E-state index contributed by atoms with van der Waals surface area (Å²) in [5.74, 6) is 0.725. The van der Waals surface area contributed by atoms with Crippen molar-refractivity contribution in [2.45, 2.75) is 121 Å². The number of benzene rings is 2. The maximum absolute atomic E-state index is 14.2. The lowest BCUT2D eigenvalue weighted by atomic mass is 9.82. The van der Waals surface area contributed by atoms with Gasteiger partial charge in [-0.25, -0.2) is 19.7 Å². The third kappa shape index (κ3) is 9.86. The van der Waals surface area contributed by atoms with Crippen molar-refractivity contribution in [2.24, 2.45) is 5.41 Å². The van der Waals surface area contributed by atoms with Crippen LogP contribution < -0.4 is 31.5 Å². The van der Waals surface area contributed by atoms with E-state index in [1.54, 1.807) is 23.5 Å². The van der Waals surface area contributed by atoms with E-state index in [1.807, 2.05) is 88.1 Å². The Morgan fingerprint density at radius 2 is 1.61 bits per heavy atom. The number of β-amino-alcohol motifs (C(OH)–C–C–N with tert-alkyl or cyclic N) is 1. The number of nitrogens with zero attached hydrogens (tertiary/aromatic N) is 8. The number of rotatable bonds is 11. The predicted octanol–water partition coefficient (Wildman–Crippen LogP) is 5.53. The lowest BCUT2D eigenvalue weighted by molar-refractivity contribution is -0.142. The van der Waals surface area contributed by atoms with E-state index in [0.717, 1.165) is 90.5 Å². The average Bonchev–Trinajstić information content (AvgIpc) is 4.01. The quantitative estimate of drug-likeness (QED) is 0.0960. The summed E-state index contributed by atoms with van der Waals surface area (Å²) in [5.41, 5.74) is 13.5. The number of piperazine rings is 1. The van der Waals surface area contributed by atoms with Gasteiger partial charge in [0.15, 0.2) is 5.82 Å². The third-order valence-corrected chi connectivity index (χ3v) is 14.9. The number of anilines is 3. The number of thiazole rings is 1. The van der Waals surface area contributed by atoms with Crippen LogP contribution in [0.4, 0.5) is 22.2 Å². The second-order valence-corrected chi connectivity index (χ2v) is 20.4. The van der Waals surface area contributed by atoms with Crippen LogP contribution in [-0.4, -0.2) is 114 Å². The summed E-state index contributed by atoms with van der Waals surface area (Å²) >= 11 is 1.58. The first-order valence-corrected chi connectivity index (χ1v) is 24.2. The number of carbonyl (C=O) groups excluding carboxylic acids is 3. The maximum Gasteiger partial charge on any atom is 0.315 e. The molecule has 2 bridgehead atoms. The number of aryl methyl sites for hydroxylation is 1. The first-order valence-electron chi connectivity index (χ1n) is 23.3. The summed E-state index contributed by atoms with van der Waals surface area (Å²) in [6.45, 7) is 9.35. The number of amides is 4. The third-order valence-electron chi connectivity index (χ3n) is 13.9. The molecule has 3 aliphatic heterocycles. The Morgan fingerprint density at radius 3 is 2.27 bits per heavy atom. The molecule has 5 aromatic rings. The standard InChI is InChI=1S/C49H60N12O5S/c1-28-42(67-27-54-28)31-11-9-29(10-12-31)21-51-45(64)40-19-36(62)26-60(40)46(65)43(49(2,3)4)56-48(66)55-33-15-13-30(14-16-33)32-22-52-47(53-23-32)61-34-17-18-35(61)25-59(24-34)39-20-38(57-58-44(39)50)37-7-5-6-8-41(37)63/h5-12,20,22-23,27,30,33-36,40,43,62-63H,13-19,21,24-26H2,1-4H3,(H2,50,58)(H,51,64)(H2,55,56,66)/t30-,33-,34?,35?,36-,40+,43-/m1/s1. The van der Waals surface area contributed by atoms with Gasteiger partial charge < -0.3 is 46.6 Å². The molecule has 2 unspecified atom stereocenters. The number of nitrogen functional groups attached to an aromatic ring is 1. The number of nitrogens with two attached hydrogens (primary N) is 1. The number of hydrogen-bond donors (Lipinski definition) is 6. The van der Waals surface area contributed by atoms with Gasteiger partial charge in [0.2, 0.25) is 17.8 Å². The molecule has 0 spiro atoms. The van der Waals surface area contributed by atoms with Crippen molar-refractivity contribution in [3.05, 3.63) is 89.3 Å². The number of likely N-dealkylation sites (tertiary alicyclic amines) is 1. The lowest BCUT2D eigenvalue weighted by Gasteiger charge is -2.42. The van der Waals surface area contributed by atoms with Gasteiger partial charge in [0, 0.05) is 68.7 Å². The lowest BCUT2D eigenvalue weighted by Crippen LogP contribution is -2.59. The molecule has 1 saturated carbocycles. The van der Waals surface area contributed by atoms with Crippen molar-refractivity contribution in [3.63, 3.8) is 0 Å². The minimum atomic E-state index is -0.935. The zero-order valence-electron chi connectivity index (χ0n) is 38.4. The fourth-order valence-electron chi connectivity index (χ4n) is 10.3. The van der Waals surface area contributed by atoms with Crippen LogP contribution in [0.1, 0.15) is 88.5 Å². The Hall–Kier alpha value is -6.40. The van der Waals surface area contributed by atoms with Gasteiger partial charge in [0.05, 0.1) is 33.6 Å². The summed E-state index contributed by atoms with van der Waals surface area (Å²) in [7, 11) is 0. The van der Waals surface area contributed by atoms with Crippen LogP contribution in [0, 0.1) is 12.3 Å². The van der Waals surface area contributed by atoms with E-state index < -0.39 is 35.5 Å². The fourth-order valence-corrected chi connectivity index (χ4v) is 11.1. The predicted molar refractivity (Wildman–Crippen MR) is 257 cm³/mol. The van der Waals surface area contributed by atoms with E-state index in [2.05, 4.69) is 40.9 Å². The van der Waals surface area contributed by atoms with Crippen LogP contribution in [0.25, 0.3) is 21.7 Å². The van der Waals surface area contributed by atoms with Gasteiger partial charge in [0.1, 0.15) is 17.8 Å². The minimum Gasteiger partial charge on any atom is -0.507 e. The molecule has 1 aliphatic carbocycles. The van der Waals surface area contributed by atoms with Crippen molar-refractivity contribution >= 4 is 46.6 Å². The fraction of sp³-hybridized carbons (Fsp3) is 0.469. The second-order valence-electron chi connectivity index (χ2n) is 19.6. The summed E-state index contributed by atoms with van der Waals surface area (Å²) in [6, 6.07) is 15.0. The van der Waals surface area contributed by atoms with Crippen LogP contribution in [-0.2, 0) is 16.1 Å². The first kappa shape index (κ1) is 45.7. The number of hydrogen-bond acceptors (Lipinski definition) is 14. The largest absolute Gasteiger partial charge is 0.507 e. The molecule has 4 fully saturated rings. The van der Waals surface area contributed by atoms with E-state index in [4.69, 9.17) is 15.7 Å². The topological polar surface area (TPSA) is 228 Å². The van der Waals surface area contributed by atoms with Crippen molar-refractivity contribution in [1.29, 1.82) is 0 Å². The molecule has 352 valence electrons. The number of phenolic OH excluding ortho intramolecular Hbond substituents is 1. The van der Waals surface area contributed by atoms with Crippen molar-refractivity contribution in [2.75, 3.05) is 35.2 Å². The molecule has 0 radical (unpaired) electrons. The highest BCUT2D eigenvalue weighted by molar-refractivity contribution is 7.13. The number of aliphatic hydroxyl groups is 1. The van der Waals surface area contributed by atoms with Crippen LogP contribution in [0.3, 0.4) is 0 Å². The van der Waals surface area contributed by atoms with Gasteiger partial charge in [-0.3, -0.25) is 9.59 Å². The Morgan fingerprint density at radius 1 is 0.910 bits per heavy atom. The number of carbonyl (C=O) groups is 3. The molecule has 18 heteroatoms. The first-order chi connectivity index (χ1) is 32.2. The Labute approximate surface area is 394 Å². The van der Waals surface area contributed by atoms with E-state index in [9.17, 15) is 24.6 Å². The highest BCUT2D eigenvalue weighted by Crippen LogP contribution is 2.39. The zero-order valence-corrected chi connectivity index (χ0v) is 39.2. The van der Waals surface area contributed by atoms with Gasteiger partial charge in [-0.1, -0.05) is 57.2 Å². The van der Waals surface area contributed by atoms with Crippen LogP contribution in [0.5, 0.6) is 5.75 Å². The summed E-state index contributed by atoms with van der Waals surface area (Å²) in [5, 5.41) is 38.6. The van der Waals surface area contributed by atoms with E-state index in [-0.39, 0.29) is 55.2 Å². The molecule has 3 saturated heterocycles. The number of urea groups is 1. The van der Waals surface area contributed by atoms with E-state index in [0.29, 0.717) is 17.1 Å². The van der Waals surface area contributed by atoms with Crippen LogP contribution in [0.15, 0.2) is 72.5 Å². The van der Waals surface area contributed by atoms with Crippen molar-refractivity contribution < 1.29 is 24.6 Å². The van der Waals surface area contributed by atoms with Gasteiger partial charge in [-0.15, -0.1) is 21.5 Å². The maximum atomic E-state index is 14.2. The highest BCUT2D eigenvalue weighted by Gasteiger charge is 2.45. The molecule has 67 heavy (non-hydrogen) atoms. The van der Waals surface area contributed by atoms with Crippen LogP contribution in [0.2, 0.25) is 0 Å². The van der Waals surface area contributed by atoms with E-state index in [1.165, 1.54) is 4.90 Å². The second kappa shape index (κ2) is 19.1. The molecule has 17 nitrogen and oxygen atoms in total. The Kier molecular flexibility index (Phi) is 13.0. The Balaban J connectivity index is 0.760. The molecular formula is C49H60N12O5S. The van der Waals surface area contributed by atoms with Crippen LogP contribution >= 0.6 is 11.3 Å². The van der Waals surface area contributed by atoms with Gasteiger partial charge in [-0.05, 0) is 91.7 Å². The molecule has 2 aromatic carbocycles. The number of aromatic hydroxyl groups is 1. The van der Waals surface area contributed by atoms with E-state index >= 15 is 0 Å². The molecule has 9 rings (SSSR count). The van der Waals surface area contributed by atoms with Crippen molar-refractivity contribution in [1.82, 2.24) is 46.0 Å². The summed E-state index contributed by atoms with van der Waals surface area (Å²) in [6.07, 6.45) is 8.39. The molecule has 3 aromatic heterocycles. The van der Waals surface area contributed by atoms with Gasteiger partial charge in [0.25, 0.3) is 0 Å². The zero-order chi connectivity index (χ0) is 47.0. The number of aliphatic hydroxyl groups excluding tert-OH is 1. The molecule has 4 amide bonds. The van der Waals surface area contributed by atoms with Crippen molar-refractivity contribution in [3.8, 4) is 27.4 Å². The molecule has 4 aliphatic rings. The van der Waals surface area contributed by atoms with Gasteiger partial charge in [-0.2, -0.15) is 0 Å². The van der Waals surface area contributed by atoms with Gasteiger partial charge >= 0.3 is 6.03 Å².